The molecule has 1 aliphatic heterocycles. The van der Waals surface area contributed by atoms with Gasteiger partial charge >= 0.3 is 5.76 Å². The maximum Gasteiger partial charge on any atom is 0.341 e. The minimum Gasteiger partial charge on any atom is -0.376 e. The molecule has 7 nitrogen and oxygen atoms in total. The number of halogens is 2. The number of rotatable bonds is 7. The van der Waals surface area contributed by atoms with Gasteiger partial charge < -0.3 is 10.2 Å². The van der Waals surface area contributed by atoms with Crippen molar-refractivity contribution in [2.24, 2.45) is 5.92 Å². The molecular weight excluding hydrogens is 368 g/mol. The van der Waals surface area contributed by atoms with Crippen LogP contribution < -0.4 is 5.32 Å². The van der Waals surface area contributed by atoms with Gasteiger partial charge in [-0.25, -0.2) is 8.42 Å². The Morgan fingerprint density at radius 1 is 1.42 bits per heavy atom. The van der Waals surface area contributed by atoms with Gasteiger partial charge in [-0.05, 0) is 44.4 Å². The molecule has 26 heavy (non-hydrogen) atoms. The average Bonchev–Trinajstić information content (AvgIpc) is 2.54. The molecule has 0 aliphatic carbocycles. The highest BCUT2D eigenvalue weighted by Crippen LogP contribution is 2.30. The van der Waals surface area contributed by atoms with E-state index in [4.69, 9.17) is 0 Å². The largest absolute Gasteiger partial charge is 0.376 e. The second-order valence-electron chi connectivity index (χ2n) is 6.79. The predicted molar refractivity (Wildman–Crippen MR) is 94.2 cm³/mol. The number of nitro groups is 1. The van der Waals surface area contributed by atoms with Crippen molar-refractivity contribution in [3.8, 4) is 0 Å². The molecule has 1 N–H and O–H groups in total. The summed E-state index contributed by atoms with van der Waals surface area (Å²) in [5, 5.41) is 14.3. The Morgan fingerprint density at radius 2 is 2.12 bits per heavy atom. The molecule has 1 aliphatic rings. The highest BCUT2D eigenvalue weighted by atomic mass is 32.2. The van der Waals surface area contributed by atoms with Gasteiger partial charge in [0.15, 0.2) is 0 Å². The first-order chi connectivity index (χ1) is 12.1. The van der Waals surface area contributed by atoms with Crippen LogP contribution in [0.1, 0.15) is 26.7 Å². The van der Waals surface area contributed by atoms with Crippen LogP contribution in [0.3, 0.4) is 0 Å². The molecule has 0 radical (unpaired) electrons. The van der Waals surface area contributed by atoms with Gasteiger partial charge in [-0.2, -0.15) is 8.78 Å². The molecule has 1 aromatic rings. The van der Waals surface area contributed by atoms with E-state index in [0.717, 1.165) is 25.6 Å². The SMILES string of the molecule is CC1CCCN(CC(C)Nc2ccc(S(=O)(=O)C(F)F)cc2[N+](=O)[O-])C1. The summed E-state index contributed by atoms with van der Waals surface area (Å²) in [5.74, 6) is -3.02. The molecule has 1 heterocycles. The zero-order valence-corrected chi connectivity index (χ0v) is 15.5. The third kappa shape index (κ3) is 4.88. The average molecular weight is 391 g/mol. The summed E-state index contributed by atoms with van der Waals surface area (Å²) in [7, 11) is -4.88. The van der Waals surface area contributed by atoms with Crippen molar-refractivity contribution in [2.45, 2.75) is 43.4 Å². The Kier molecular flexibility index (Phi) is 6.51. The predicted octanol–water partition coefficient (Wildman–Crippen LogP) is 3.12. The second-order valence-corrected chi connectivity index (χ2v) is 8.71. The molecule has 0 spiro atoms. The Hall–Kier alpha value is -1.81. The number of sulfone groups is 1. The van der Waals surface area contributed by atoms with Crippen molar-refractivity contribution >= 4 is 21.2 Å². The van der Waals surface area contributed by atoms with E-state index >= 15 is 0 Å². The summed E-state index contributed by atoms with van der Waals surface area (Å²) in [6.45, 7) is 6.65. The van der Waals surface area contributed by atoms with Crippen LogP contribution in [0.25, 0.3) is 0 Å². The Labute approximate surface area is 151 Å². The number of hydrogen-bond acceptors (Lipinski definition) is 6. The van der Waals surface area contributed by atoms with E-state index in [-0.39, 0.29) is 11.7 Å². The first-order valence-corrected chi connectivity index (χ1v) is 9.95. The second kappa shape index (κ2) is 8.26. The van der Waals surface area contributed by atoms with Gasteiger partial charge in [-0.3, -0.25) is 10.1 Å². The minimum absolute atomic E-state index is 0.112. The van der Waals surface area contributed by atoms with Gasteiger partial charge in [0, 0.05) is 25.2 Å². The first-order valence-electron chi connectivity index (χ1n) is 8.40. The van der Waals surface area contributed by atoms with E-state index in [2.05, 4.69) is 17.1 Å². The van der Waals surface area contributed by atoms with Crippen LogP contribution in [0.2, 0.25) is 0 Å². The molecule has 2 unspecified atom stereocenters. The fraction of sp³-hybridized carbons (Fsp3) is 0.625. The van der Waals surface area contributed by atoms with Crippen LogP contribution in [0.5, 0.6) is 0 Å². The number of hydrogen-bond donors (Lipinski definition) is 1. The maximum absolute atomic E-state index is 12.7. The molecular formula is C16H23F2N3O4S. The number of piperidine rings is 1. The molecule has 2 atom stereocenters. The third-order valence-corrected chi connectivity index (χ3v) is 5.78. The number of nitrogens with zero attached hydrogens (tertiary/aromatic N) is 2. The monoisotopic (exact) mass is 391 g/mol. The summed E-state index contributed by atoms with van der Waals surface area (Å²) in [5.41, 5.74) is -0.425. The highest BCUT2D eigenvalue weighted by molar-refractivity contribution is 7.91. The van der Waals surface area contributed by atoms with Gasteiger partial charge in [0.25, 0.3) is 5.69 Å². The summed E-state index contributed by atoms with van der Waals surface area (Å²) < 4.78 is 48.4. The van der Waals surface area contributed by atoms with Crippen LogP contribution >= 0.6 is 0 Å². The number of anilines is 1. The van der Waals surface area contributed by atoms with Crippen LogP contribution in [0.15, 0.2) is 23.1 Å². The molecule has 0 bridgehead atoms. The lowest BCUT2D eigenvalue weighted by atomic mass is 10.00. The molecule has 10 heteroatoms. The highest BCUT2D eigenvalue weighted by Gasteiger charge is 2.29. The van der Waals surface area contributed by atoms with Gasteiger partial charge in [-0.15, -0.1) is 0 Å². The van der Waals surface area contributed by atoms with Crippen molar-refractivity contribution in [1.82, 2.24) is 4.90 Å². The minimum atomic E-state index is -4.88. The van der Waals surface area contributed by atoms with Crippen molar-refractivity contribution in [3.63, 3.8) is 0 Å². The lowest BCUT2D eigenvalue weighted by Crippen LogP contribution is -2.40. The molecule has 0 aromatic heterocycles. The zero-order valence-electron chi connectivity index (χ0n) is 14.7. The molecule has 1 fully saturated rings. The standard InChI is InChI=1S/C16H23F2N3O4S/c1-11-4-3-7-20(9-11)10-12(2)19-14-6-5-13(8-15(14)21(22)23)26(24,25)16(17)18/h5-6,8,11-12,16,19H,3-4,7,9-10H2,1-2H3. The van der Waals surface area contributed by atoms with E-state index in [9.17, 15) is 27.3 Å². The molecule has 0 saturated carbocycles. The van der Waals surface area contributed by atoms with Crippen LogP contribution in [0, 0.1) is 16.0 Å². The zero-order chi connectivity index (χ0) is 19.5. The Bertz CT molecular complexity index is 758. The normalized spacial score (nSPS) is 20.1. The number of nitrogens with one attached hydrogen (secondary N) is 1. The van der Waals surface area contributed by atoms with Gasteiger partial charge in [0.05, 0.1) is 9.82 Å². The molecule has 0 amide bonds. The smallest absolute Gasteiger partial charge is 0.341 e. The van der Waals surface area contributed by atoms with E-state index in [1.54, 1.807) is 0 Å². The maximum atomic E-state index is 12.7. The Morgan fingerprint density at radius 3 is 2.69 bits per heavy atom. The van der Waals surface area contributed by atoms with Crippen molar-refractivity contribution < 1.29 is 22.1 Å². The van der Waals surface area contributed by atoms with Crippen LogP contribution in [-0.2, 0) is 9.84 Å². The van der Waals surface area contributed by atoms with Crippen LogP contribution in [-0.4, -0.2) is 49.7 Å². The summed E-state index contributed by atoms with van der Waals surface area (Å²) >= 11 is 0. The van der Waals surface area contributed by atoms with Crippen molar-refractivity contribution in [3.05, 3.63) is 28.3 Å². The number of nitro benzene ring substituents is 1. The molecule has 1 saturated heterocycles. The molecule has 2 rings (SSSR count). The van der Waals surface area contributed by atoms with Crippen molar-refractivity contribution in [2.75, 3.05) is 25.0 Å². The lowest BCUT2D eigenvalue weighted by molar-refractivity contribution is -0.384. The topological polar surface area (TPSA) is 92.6 Å². The van der Waals surface area contributed by atoms with Gasteiger partial charge in [-0.1, -0.05) is 6.92 Å². The molecule has 1 aromatic carbocycles. The number of likely N-dealkylation sites (tertiary alicyclic amines) is 1. The van der Waals surface area contributed by atoms with E-state index in [1.807, 2.05) is 6.92 Å². The fourth-order valence-electron chi connectivity index (χ4n) is 3.22. The van der Waals surface area contributed by atoms with Crippen molar-refractivity contribution in [1.29, 1.82) is 0 Å². The summed E-state index contributed by atoms with van der Waals surface area (Å²) in [6, 6.07) is 2.69. The van der Waals surface area contributed by atoms with E-state index in [1.165, 1.54) is 12.5 Å². The fourth-order valence-corrected chi connectivity index (χ4v) is 3.95. The third-order valence-electron chi connectivity index (χ3n) is 4.40. The summed E-state index contributed by atoms with van der Waals surface area (Å²) in [6.07, 6.45) is 2.29. The number of benzene rings is 1. The molecule has 146 valence electrons. The van der Waals surface area contributed by atoms with E-state index in [0.29, 0.717) is 18.5 Å². The summed E-state index contributed by atoms with van der Waals surface area (Å²) in [4.78, 5) is 12.0. The van der Waals surface area contributed by atoms with E-state index < -0.39 is 31.1 Å². The first kappa shape index (κ1) is 20.5. The number of alkyl halides is 2. The lowest BCUT2D eigenvalue weighted by Gasteiger charge is -2.33. The van der Waals surface area contributed by atoms with Gasteiger partial charge in [0.1, 0.15) is 5.69 Å². The Balaban J connectivity index is 2.17. The van der Waals surface area contributed by atoms with Gasteiger partial charge in [0.2, 0.25) is 9.84 Å². The quantitative estimate of drug-likeness (QED) is 0.567. The van der Waals surface area contributed by atoms with Crippen LogP contribution in [0.4, 0.5) is 20.2 Å².